The summed E-state index contributed by atoms with van der Waals surface area (Å²) in [6.07, 6.45) is 0. The third kappa shape index (κ3) is 3.79. The molecule has 23 heavy (non-hydrogen) atoms. The zero-order valence-corrected chi connectivity index (χ0v) is 13.0. The number of hydrogen-bond donors (Lipinski definition) is 1. The molecule has 6 nitrogen and oxygen atoms in total. The first-order valence-corrected chi connectivity index (χ1v) is 7.31. The maximum absolute atomic E-state index is 12.0. The van der Waals surface area contributed by atoms with Gasteiger partial charge in [-0.25, -0.2) is 0 Å². The van der Waals surface area contributed by atoms with Crippen molar-refractivity contribution in [2.75, 3.05) is 5.32 Å². The molecule has 0 bridgehead atoms. The Bertz CT molecular complexity index is 806. The Balaban J connectivity index is 1.65. The lowest BCUT2D eigenvalue weighted by molar-refractivity contribution is -0.117. The average molecular weight is 307 g/mol. The number of tetrazole rings is 1. The van der Waals surface area contributed by atoms with Gasteiger partial charge in [0.05, 0.1) is 0 Å². The maximum Gasteiger partial charge on any atom is 0.248 e. The predicted molar refractivity (Wildman–Crippen MR) is 87.8 cm³/mol. The summed E-state index contributed by atoms with van der Waals surface area (Å²) >= 11 is 0. The molecule has 0 radical (unpaired) electrons. The molecule has 0 spiro atoms. The Labute approximate surface area is 134 Å². The van der Waals surface area contributed by atoms with Gasteiger partial charge in [0.1, 0.15) is 6.54 Å². The summed E-state index contributed by atoms with van der Waals surface area (Å²) in [5.74, 6) is 0.315. The maximum atomic E-state index is 12.0. The second-order valence-electron chi connectivity index (χ2n) is 5.42. The molecule has 0 aliphatic carbocycles. The van der Waals surface area contributed by atoms with Crippen molar-refractivity contribution >= 4 is 11.6 Å². The van der Waals surface area contributed by atoms with Gasteiger partial charge in [-0.05, 0) is 31.2 Å². The van der Waals surface area contributed by atoms with E-state index in [0.29, 0.717) is 5.82 Å². The van der Waals surface area contributed by atoms with Crippen LogP contribution in [0, 0.1) is 13.8 Å². The lowest BCUT2D eigenvalue weighted by Crippen LogP contribution is -2.20. The van der Waals surface area contributed by atoms with E-state index in [1.807, 2.05) is 62.4 Å². The van der Waals surface area contributed by atoms with Crippen LogP contribution in [-0.2, 0) is 11.3 Å². The summed E-state index contributed by atoms with van der Waals surface area (Å²) in [4.78, 5) is 13.3. The molecular formula is C17H17N5O. The molecule has 2 aromatic carbocycles. The summed E-state index contributed by atoms with van der Waals surface area (Å²) in [7, 11) is 0. The lowest BCUT2D eigenvalue weighted by atomic mass is 10.1. The molecule has 1 aromatic heterocycles. The van der Waals surface area contributed by atoms with Crippen LogP contribution < -0.4 is 5.32 Å². The van der Waals surface area contributed by atoms with Gasteiger partial charge in [0.2, 0.25) is 11.7 Å². The molecule has 3 aromatic rings. The second-order valence-corrected chi connectivity index (χ2v) is 5.42. The minimum absolute atomic E-state index is 0.0206. The molecule has 0 atom stereocenters. The van der Waals surface area contributed by atoms with Crippen molar-refractivity contribution < 1.29 is 4.79 Å². The van der Waals surface area contributed by atoms with Crippen LogP contribution in [0.2, 0.25) is 0 Å². The predicted octanol–water partition coefficient (Wildman–Crippen LogP) is 2.60. The van der Waals surface area contributed by atoms with Crippen LogP contribution >= 0.6 is 0 Å². The minimum Gasteiger partial charge on any atom is -0.324 e. The summed E-state index contributed by atoms with van der Waals surface area (Å²) in [6.45, 7) is 4.04. The second kappa shape index (κ2) is 6.39. The van der Waals surface area contributed by atoms with Crippen LogP contribution in [-0.4, -0.2) is 26.1 Å². The molecule has 0 unspecified atom stereocenters. The highest BCUT2D eigenvalue weighted by Gasteiger charge is 2.09. The molecule has 3 rings (SSSR count). The average Bonchev–Trinajstić information content (AvgIpc) is 2.98. The minimum atomic E-state index is -0.193. The van der Waals surface area contributed by atoms with Crippen molar-refractivity contribution in [3.8, 4) is 11.4 Å². The van der Waals surface area contributed by atoms with Gasteiger partial charge >= 0.3 is 0 Å². The Morgan fingerprint density at radius 1 is 1.00 bits per heavy atom. The molecule has 1 N–H and O–H groups in total. The van der Waals surface area contributed by atoms with Crippen molar-refractivity contribution in [3.05, 3.63) is 59.7 Å². The monoisotopic (exact) mass is 307 g/mol. The van der Waals surface area contributed by atoms with Crippen LogP contribution in [0.3, 0.4) is 0 Å². The van der Waals surface area contributed by atoms with Crippen LogP contribution in [0.15, 0.2) is 48.5 Å². The van der Waals surface area contributed by atoms with Gasteiger partial charge in [0.25, 0.3) is 0 Å². The number of anilines is 1. The van der Waals surface area contributed by atoms with Gasteiger partial charge in [0, 0.05) is 11.3 Å². The number of amides is 1. The first kappa shape index (κ1) is 14.9. The van der Waals surface area contributed by atoms with Crippen LogP contribution in [0.25, 0.3) is 11.4 Å². The van der Waals surface area contributed by atoms with E-state index >= 15 is 0 Å². The Morgan fingerprint density at radius 2 is 1.61 bits per heavy atom. The van der Waals surface area contributed by atoms with E-state index in [0.717, 1.165) is 16.8 Å². The molecular weight excluding hydrogens is 290 g/mol. The number of hydrogen-bond acceptors (Lipinski definition) is 4. The molecule has 0 aliphatic rings. The molecule has 1 amide bonds. The quantitative estimate of drug-likeness (QED) is 0.804. The number of aromatic nitrogens is 4. The van der Waals surface area contributed by atoms with E-state index in [1.54, 1.807) is 0 Å². The van der Waals surface area contributed by atoms with E-state index in [2.05, 4.69) is 20.7 Å². The van der Waals surface area contributed by atoms with Crippen LogP contribution in [0.1, 0.15) is 11.1 Å². The number of nitrogens with one attached hydrogen (secondary N) is 1. The van der Waals surface area contributed by atoms with E-state index in [-0.39, 0.29) is 12.5 Å². The molecule has 1 heterocycles. The van der Waals surface area contributed by atoms with Gasteiger partial charge in [-0.2, -0.15) is 4.80 Å². The smallest absolute Gasteiger partial charge is 0.248 e. The fraction of sp³-hybridized carbons (Fsp3) is 0.176. The van der Waals surface area contributed by atoms with Crippen molar-refractivity contribution in [3.63, 3.8) is 0 Å². The van der Waals surface area contributed by atoms with E-state index in [1.165, 1.54) is 10.4 Å². The standard InChI is InChI=1S/C17H17N5O/c1-12-3-7-14(8-4-12)17-19-21-22(20-17)11-16(23)18-15-9-5-13(2)6-10-15/h3-10H,11H2,1-2H3,(H,18,23). The van der Waals surface area contributed by atoms with Crippen molar-refractivity contribution in [1.29, 1.82) is 0 Å². The normalized spacial score (nSPS) is 10.5. The fourth-order valence-electron chi connectivity index (χ4n) is 2.09. The molecule has 116 valence electrons. The number of carbonyl (C=O) groups excluding carboxylic acids is 1. The zero-order chi connectivity index (χ0) is 16.2. The van der Waals surface area contributed by atoms with Crippen LogP contribution in [0.4, 0.5) is 5.69 Å². The molecule has 0 fully saturated rings. The van der Waals surface area contributed by atoms with Gasteiger partial charge in [-0.15, -0.1) is 10.2 Å². The number of benzene rings is 2. The zero-order valence-electron chi connectivity index (χ0n) is 13.0. The topological polar surface area (TPSA) is 72.7 Å². The lowest BCUT2D eigenvalue weighted by Gasteiger charge is -2.04. The largest absolute Gasteiger partial charge is 0.324 e. The molecule has 0 saturated carbocycles. The highest BCUT2D eigenvalue weighted by atomic mass is 16.2. The van der Waals surface area contributed by atoms with Gasteiger partial charge in [-0.3, -0.25) is 4.79 Å². The third-order valence-electron chi connectivity index (χ3n) is 3.38. The highest BCUT2D eigenvalue weighted by molar-refractivity contribution is 5.90. The Morgan fingerprint density at radius 3 is 2.26 bits per heavy atom. The number of aryl methyl sites for hydroxylation is 2. The van der Waals surface area contributed by atoms with Gasteiger partial charge in [0.15, 0.2) is 0 Å². The van der Waals surface area contributed by atoms with E-state index < -0.39 is 0 Å². The Hall–Kier alpha value is -3.02. The first-order chi connectivity index (χ1) is 11.1. The number of carbonyl (C=O) groups is 1. The van der Waals surface area contributed by atoms with Crippen LogP contribution in [0.5, 0.6) is 0 Å². The Kier molecular flexibility index (Phi) is 4.14. The van der Waals surface area contributed by atoms with Gasteiger partial charge < -0.3 is 5.32 Å². The first-order valence-electron chi connectivity index (χ1n) is 7.31. The van der Waals surface area contributed by atoms with E-state index in [9.17, 15) is 4.79 Å². The molecule has 0 saturated heterocycles. The summed E-state index contributed by atoms with van der Waals surface area (Å²) in [5, 5.41) is 15.0. The van der Waals surface area contributed by atoms with Crippen molar-refractivity contribution in [1.82, 2.24) is 20.2 Å². The highest BCUT2D eigenvalue weighted by Crippen LogP contribution is 2.14. The SMILES string of the molecule is Cc1ccc(NC(=O)Cn2nnc(-c3ccc(C)cc3)n2)cc1. The number of nitrogens with zero attached hydrogens (tertiary/aromatic N) is 4. The third-order valence-corrected chi connectivity index (χ3v) is 3.38. The molecule has 6 heteroatoms. The number of rotatable bonds is 4. The summed E-state index contributed by atoms with van der Waals surface area (Å²) in [5.41, 5.74) is 3.93. The fourth-order valence-corrected chi connectivity index (χ4v) is 2.09. The van der Waals surface area contributed by atoms with Crippen molar-refractivity contribution in [2.45, 2.75) is 20.4 Å². The summed E-state index contributed by atoms with van der Waals surface area (Å²) in [6, 6.07) is 15.4. The van der Waals surface area contributed by atoms with E-state index in [4.69, 9.17) is 0 Å². The van der Waals surface area contributed by atoms with Crippen molar-refractivity contribution in [2.24, 2.45) is 0 Å². The molecule has 0 aliphatic heterocycles. The summed E-state index contributed by atoms with van der Waals surface area (Å²) < 4.78 is 0. The van der Waals surface area contributed by atoms with Gasteiger partial charge in [-0.1, -0.05) is 47.5 Å².